The van der Waals surface area contributed by atoms with Crippen LogP contribution in [0.3, 0.4) is 0 Å². The molecule has 0 saturated heterocycles. The Morgan fingerprint density at radius 2 is 1.89 bits per heavy atom. The Labute approximate surface area is 217 Å². The Morgan fingerprint density at radius 3 is 2.56 bits per heavy atom. The third-order valence-corrected chi connectivity index (χ3v) is 10.7. The van der Waals surface area contributed by atoms with Crippen LogP contribution in [0.4, 0.5) is 0 Å². The molecule has 3 fully saturated rings. The lowest BCUT2D eigenvalue weighted by molar-refractivity contribution is -0.187. The number of rotatable bonds is 4. The van der Waals surface area contributed by atoms with Crippen LogP contribution in [0, 0.1) is 34.5 Å². The number of alkyl halides is 1. The summed E-state index contributed by atoms with van der Waals surface area (Å²) >= 11 is 7.06. The first kappa shape index (κ1) is 25.6. The van der Waals surface area contributed by atoms with E-state index in [4.69, 9.17) is 16.3 Å². The molecule has 6 nitrogen and oxygen atoms in total. The van der Waals surface area contributed by atoms with E-state index >= 15 is 0 Å². The minimum atomic E-state index is -1.58. The molecule has 7 heteroatoms. The van der Waals surface area contributed by atoms with E-state index in [1.807, 2.05) is 13.8 Å². The summed E-state index contributed by atoms with van der Waals surface area (Å²) < 4.78 is 6.17. The number of hydrogen-bond acceptors (Lipinski definition) is 6. The predicted octanol–water partition coefficient (Wildman–Crippen LogP) is 4.11. The second-order valence-corrected chi connectivity index (χ2v) is 12.4. The summed E-state index contributed by atoms with van der Waals surface area (Å²) in [5, 5.41) is 21.5. The van der Waals surface area contributed by atoms with E-state index in [0.717, 1.165) is 5.57 Å². The highest BCUT2D eigenvalue weighted by Gasteiger charge is 2.73. The molecule has 36 heavy (non-hydrogen) atoms. The number of aliphatic hydroxyl groups excluding tert-OH is 2. The van der Waals surface area contributed by atoms with Crippen LogP contribution in [0.25, 0.3) is 0 Å². The lowest BCUT2D eigenvalue weighted by Gasteiger charge is -2.61. The molecule has 1 aromatic carbocycles. The van der Waals surface area contributed by atoms with Crippen molar-refractivity contribution in [1.29, 1.82) is 0 Å². The number of fused-ring (bicyclic) bond motifs is 5. The van der Waals surface area contributed by atoms with Crippen LogP contribution in [0.15, 0.2) is 42.0 Å². The van der Waals surface area contributed by atoms with Crippen molar-refractivity contribution in [1.82, 2.24) is 0 Å². The summed E-state index contributed by atoms with van der Waals surface area (Å²) in [6.45, 7) is 5.21. The standard InChI is InChI=1S/C29H35ClO6/c1-16-11-20-24-21(30)13-18-12-19(32)9-10-27(18,2)25(24)22(33)14-28(20,3)29(16,23(34)15-31)36-26(35)17-7-5-4-6-8-17/h4-8,12,16,20-22,24-25,31,33H,9-11,13-15H2,1-3H3/t16-,20+,21-,22+,24-,25+,27+,28+,29-/m1/s1. The number of allylic oxidation sites excluding steroid dienone is 1. The molecule has 2 N–H and O–H groups in total. The number of Topliss-reactive ketones (excluding diaryl/α,β-unsaturated/α-hetero) is 1. The maximum atomic E-state index is 13.6. The first-order valence-electron chi connectivity index (χ1n) is 13.0. The van der Waals surface area contributed by atoms with Crippen LogP contribution in [0.2, 0.25) is 0 Å². The van der Waals surface area contributed by atoms with Crippen LogP contribution in [0.5, 0.6) is 0 Å². The Bertz CT molecular complexity index is 1120. The average molecular weight is 515 g/mol. The lowest BCUT2D eigenvalue weighted by atomic mass is 9.45. The molecule has 0 heterocycles. The van der Waals surface area contributed by atoms with Crippen molar-refractivity contribution in [2.24, 2.45) is 34.5 Å². The largest absolute Gasteiger partial charge is 0.446 e. The van der Waals surface area contributed by atoms with E-state index in [2.05, 4.69) is 6.92 Å². The zero-order chi connectivity index (χ0) is 26.0. The highest BCUT2D eigenvalue weighted by Crippen LogP contribution is 2.70. The van der Waals surface area contributed by atoms with Crippen molar-refractivity contribution >= 4 is 29.1 Å². The van der Waals surface area contributed by atoms with Gasteiger partial charge in [0.05, 0.1) is 11.7 Å². The zero-order valence-electron chi connectivity index (χ0n) is 21.1. The number of carbonyl (C=O) groups is 3. The van der Waals surface area contributed by atoms with Gasteiger partial charge in [-0.15, -0.1) is 11.6 Å². The maximum absolute atomic E-state index is 13.6. The molecule has 3 saturated carbocycles. The number of ether oxygens (including phenoxy) is 1. The van der Waals surface area contributed by atoms with E-state index in [1.165, 1.54) is 0 Å². The topological polar surface area (TPSA) is 101 Å². The number of esters is 1. The molecule has 0 unspecified atom stereocenters. The minimum absolute atomic E-state index is 0.0986. The van der Waals surface area contributed by atoms with Gasteiger partial charge in [-0.2, -0.15) is 0 Å². The number of ketones is 2. The van der Waals surface area contributed by atoms with E-state index in [-0.39, 0.29) is 46.7 Å². The van der Waals surface area contributed by atoms with Crippen LogP contribution in [-0.4, -0.2) is 51.4 Å². The van der Waals surface area contributed by atoms with Crippen molar-refractivity contribution in [3.8, 4) is 0 Å². The average Bonchev–Trinajstić information content (AvgIpc) is 3.06. The fourth-order valence-electron chi connectivity index (χ4n) is 8.68. The van der Waals surface area contributed by atoms with E-state index in [9.17, 15) is 24.6 Å². The zero-order valence-corrected chi connectivity index (χ0v) is 21.8. The van der Waals surface area contributed by atoms with Gasteiger partial charge >= 0.3 is 5.97 Å². The van der Waals surface area contributed by atoms with Crippen molar-refractivity contribution in [2.75, 3.05) is 6.61 Å². The third kappa shape index (κ3) is 3.40. The molecule has 1 aromatic rings. The van der Waals surface area contributed by atoms with Crippen molar-refractivity contribution in [2.45, 2.75) is 70.0 Å². The van der Waals surface area contributed by atoms with Crippen LogP contribution in [0.1, 0.15) is 63.2 Å². The highest BCUT2D eigenvalue weighted by atomic mass is 35.5. The van der Waals surface area contributed by atoms with Crippen molar-refractivity contribution in [3.63, 3.8) is 0 Å². The van der Waals surface area contributed by atoms with E-state index in [1.54, 1.807) is 36.4 Å². The molecule has 4 aliphatic rings. The van der Waals surface area contributed by atoms with Gasteiger partial charge in [0, 0.05) is 23.1 Å². The normalized spacial score (nSPS) is 43.6. The van der Waals surface area contributed by atoms with Gasteiger partial charge < -0.3 is 14.9 Å². The molecule has 0 aromatic heterocycles. The first-order chi connectivity index (χ1) is 17.0. The van der Waals surface area contributed by atoms with Gasteiger partial charge in [0.15, 0.2) is 11.4 Å². The number of benzene rings is 1. The Kier molecular flexibility index (Phi) is 6.25. The van der Waals surface area contributed by atoms with Gasteiger partial charge in [-0.25, -0.2) is 4.79 Å². The van der Waals surface area contributed by atoms with Gasteiger partial charge in [0.25, 0.3) is 0 Å². The van der Waals surface area contributed by atoms with Gasteiger partial charge in [-0.3, -0.25) is 9.59 Å². The highest BCUT2D eigenvalue weighted by molar-refractivity contribution is 6.21. The predicted molar refractivity (Wildman–Crippen MR) is 134 cm³/mol. The summed E-state index contributed by atoms with van der Waals surface area (Å²) in [5.74, 6) is -1.80. The molecule has 4 aliphatic carbocycles. The maximum Gasteiger partial charge on any atom is 0.339 e. The Balaban J connectivity index is 1.59. The molecule has 0 amide bonds. The van der Waals surface area contributed by atoms with Crippen molar-refractivity contribution in [3.05, 3.63) is 47.5 Å². The minimum Gasteiger partial charge on any atom is -0.446 e. The Hall–Kier alpha value is -2.02. The summed E-state index contributed by atoms with van der Waals surface area (Å²) in [5.41, 5.74) is -1.49. The monoisotopic (exact) mass is 514 g/mol. The fourth-order valence-corrected chi connectivity index (χ4v) is 9.18. The summed E-state index contributed by atoms with van der Waals surface area (Å²) in [4.78, 5) is 39.1. The second-order valence-electron chi connectivity index (χ2n) is 11.9. The molecular formula is C29H35ClO6. The molecule has 0 bridgehead atoms. The van der Waals surface area contributed by atoms with Gasteiger partial charge in [0.1, 0.15) is 6.61 Å². The summed E-state index contributed by atoms with van der Waals surface area (Å²) in [7, 11) is 0. The van der Waals surface area contributed by atoms with Gasteiger partial charge in [-0.1, -0.05) is 44.5 Å². The van der Waals surface area contributed by atoms with Crippen LogP contribution >= 0.6 is 11.6 Å². The number of carbonyl (C=O) groups excluding carboxylic acids is 3. The molecule has 0 aliphatic heterocycles. The molecule has 9 atom stereocenters. The van der Waals surface area contributed by atoms with Gasteiger partial charge in [0.2, 0.25) is 5.78 Å². The molecular weight excluding hydrogens is 480 g/mol. The van der Waals surface area contributed by atoms with Crippen LogP contribution < -0.4 is 0 Å². The SMILES string of the molecule is C[C@@H]1C[C@H]2[C@H]3[C@H]([C@@H](O)C[C@]2(C)[C@]1(OC(=O)c1ccccc1)C(=O)CO)[C@@]1(C)CCC(=O)C=C1C[C@H]3Cl. The first-order valence-corrected chi connectivity index (χ1v) is 13.4. The molecule has 0 radical (unpaired) electrons. The van der Waals surface area contributed by atoms with E-state index < -0.39 is 35.5 Å². The second kappa shape index (κ2) is 8.78. The lowest BCUT2D eigenvalue weighted by Crippen LogP contribution is -2.65. The number of aliphatic hydroxyl groups is 2. The molecule has 5 rings (SSSR count). The third-order valence-electron chi connectivity index (χ3n) is 10.2. The van der Waals surface area contributed by atoms with E-state index in [0.29, 0.717) is 31.2 Å². The Morgan fingerprint density at radius 1 is 1.19 bits per heavy atom. The quantitative estimate of drug-likeness (QED) is 0.463. The van der Waals surface area contributed by atoms with Gasteiger partial charge in [-0.05, 0) is 67.1 Å². The number of halogens is 1. The molecule has 0 spiro atoms. The molecule has 194 valence electrons. The summed E-state index contributed by atoms with van der Waals surface area (Å²) in [6, 6.07) is 8.54. The number of hydrogen-bond donors (Lipinski definition) is 2. The van der Waals surface area contributed by atoms with Crippen molar-refractivity contribution < 1.29 is 29.3 Å². The summed E-state index contributed by atoms with van der Waals surface area (Å²) in [6.07, 6.45) is 3.45. The van der Waals surface area contributed by atoms with Crippen LogP contribution in [-0.2, 0) is 14.3 Å². The fraction of sp³-hybridized carbons (Fsp3) is 0.621. The smallest absolute Gasteiger partial charge is 0.339 e.